The van der Waals surface area contributed by atoms with Gasteiger partial charge in [-0.15, -0.1) is 0 Å². The summed E-state index contributed by atoms with van der Waals surface area (Å²) in [6.45, 7) is 1.13. The summed E-state index contributed by atoms with van der Waals surface area (Å²) >= 11 is 0. The molecule has 1 aromatic rings. The molecule has 0 spiro atoms. The Balaban J connectivity index is 2.88. The van der Waals surface area contributed by atoms with Crippen molar-refractivity contribution >= 4 is 5.78 Å². The fourth-order valence-corrected chi connectivity index (χ4v) is 1.05. The number of alkyl halides is 1. The minimum absolute atomic E-state index is 0.0238. The zero-order chi connectivity index (χ0) is 8.97. The number of aryl methyl sites for hydroxylation is 1. The van der Waals surface area contributed by atoms with Gasteiger partial charge < -0.3 is 0 Å². The normalized spacial score (nSPS) is 9.83. The van der Waals surface area contributed by atoms with Gasteiger partial charge in [-0.2, -0.15) is 0 Å². The fraction of sp³-hybridized carbons (Fsp3) is 0.300. The van der Waals surface area contributed by atoms with Crippen LogP contribution in [0.25, 0.3) is 0 Å². The van der Waals surface area contributed by atoms with Gasteiger partial charge in [0.2, 0.25) is 0 Å². The zero-order valence-electron chi connectivity index (χ0n) is 7.01. The summed E-state index contributed by atoms with van der Waals surface area (Å²) in [5.41, 5.74) is 1.53. The van der Waals surface area contributed by atoms with Crippen LogP contribution in [0, 0.1) is 0 Å². The highest BCUT2D eigenvalue weighted by atomic mass is 19.1. The van der Waals surface area contributed by atoms with Crippen molar-refractivity contribution in [1.29, 1.82) is 0 Å². The molecule has 0 aliphatic heterocycles. The number of halogens is 1. The maximum absolute atomic E-state index is 11.9. The quantitative estimate of drug-likeness (QED) is 0.630. The Morgan fingerprint density at radius 2 is 2.25 bits per heavy atom. The number of carbonyl (C=O) groups is 1. The lowest BCUT2D eigenvalue weighted by atomic mass is 10.1. The van der Waals surface area contributed by atoms with Gasteiger partial charge in [-0.25, -0.2) is 0 Å². The van der Waals surface area contributed by atoms with Crippen LogP contribution < -0.4 is 0 Å². The highest BCUT2D eigenvalue weighted by Crippen LogP contribution is 2.06. The van der Waals surface area contributed by atoms with E-state index in [1.807, 2.05) is 6.07 Å². The molecule has 0 radical (unpaired) electrons. The fourth-order valence-electron chi connectivity index (χ4n) is 1.05. The van der Waals surface area contributed by atoms with Crippen molar-refractivity contribution in [3.63, 3.8) is 0 Å². The molecule has 1 rings (SSSR count). The van der Waals surface area contributed by atoms with Crippen LogP contribution in [-0.2, 0) is 6.42 Å². The molecule has 64 valence electrons. The average Bonchev–Trinajstić information content (AvgIpc) is 2.05. The topological polar surface area (TPSA) is 17.1 Å². The third kappa shape index (κ3) is 2.16. The Bertz CT molecular complexity index is 281. The molecule has 12 heavy (non-hydrogen) atoms. The molecule has 0 aliphatic rings. The highest BCUT2D eigenvalue weighted by Gasteiger charge is 1.99. The van der Waals surface area contributed by atoms with Gasteiger partial charge in [0.1, 0.15) is 0 Å². The largest absolute Gasteiger partial charge is 0.295 e. The van der Waals surface area contributed by atoms with Crippen molar-refractivity contribution in [2.24, 2.45) is 0 Å². The molecule has 0 N–H and O–H groups in total. The molecular weight excluding hydrogens is 155 g/mol. The van der Waals surface area contributed by atoms with E-state index >= 15 is 0 Å². The van der Waals surface area contributed by atoms with E-state index in [4.69, 9.17) is 0 Å². The number of ketones is 1. The molecule has 0 heterocycles. The van der Waals surface area contributed by atoms with E-state index in [1.165, 1.54) is 6.92 Å². The van der Waals surface area contributed by atoms with Crippen LogP contribution in [-0.4, -0.2) is 12.5 Å². The molecule has 1 nitrogen and oxygen atoms in total. The summed E-state index contributed by atoms with van der Waals surface area (Å²) in [7, 11) is 0. The van der Waals surface area contributed by atoms with Gasteiger partial charge in [0.15, 0.2) is 5.78 Å². The number of rotatable bonds is 3. The lowest BCUT2D eigenvalue weighted by Gasteiger charge is -1.99. The number of benzene rings is 1. The average molecular weight is 166 g/mol. The molecule has 2 heteroatoms. The molecule has 0 aromatic heterocycles. The van der Waals surface area contributed by atoms with Crippen molar-refractivity contribution < 1.29 is 9.18 Å². The predicted molar refractivity (Wildman–Crippen MR) is 46.1 cm³/mol. The number of carbonyl (C=O) groups excluding carboxylic acids is 1. The number of hydrogen-bond donors (Lipinski definition) is 0. The monoisotopic (exact) mass is 166 g/mol. The summed E-state index contributed by atoms with van der Waals surface area (Å²) in [6, 6.07) is 7.08. The molecule has 0 unspecified atom stereocenters. The molecule has 0 amide bonds. The Morgan fingerprint density at radius 3 is 2.83 bits per heavy atom. The van der Waals surface area contributed by atoms with E-state index in [-0.39, 0.29) is 12.5 Å². The SMILES string of the molecule is CC(=O)c1cccc(CCF)c1. The van der Waals surface area contributed by atoms with E-state index < -0.39 is 0 Å². The molecule has 1 aromatic carbocycles. The van der Waals surface area contributed by atoms with E-state index in [1.54, 1.807) is 18.2 Å². The van der Waals surface area contributed by atoms with Gasteiger partial charge in [0.25, 0.3) is 0 Å². The van der Waals surface area contributed by atoms with Gasteiger partial charge in [-0.1, -0.05) is 18.2 Å². The third-order valence-electron chi connectivity index (χ3n) is 1.72. The van der Waals surface area contributed by atoms with E-state index in [9.17, 15) is 9.18 Å². The molecule has 0 fully saturated rings. The Morgan fingerprint density at radius 1 is 1.50 bits per heavy atom. The van der Waals surface area contributed by atoms with Crippen LogP contribution in [0.4, 0.5) is 4.39 Å². The standard InChI is InChI=1S/C10H11FO/c1-8(12)10-4-2-3-9(7-10)5-6-11/h2-4,7H,5-6H2,1H3. The molecule has 0 saturated carbocycles. The maximum atomic E-state index is 11.9. The zero-order valence-corrected chi connectivity index (χ0v) is 7.01. The van der Waals surface area contributed by atoms with Crippen LogP contribution in [0.1, 0.15) is 22.8 Å². The van der Waals surface area contributed by atoms with Crippen LogP contribution >= 0.6 is 0 Å². The molecule has 0 bridgehead atoms. The summed E-state index contributed by atoms with van der Waals surface area (Å²) in [4.78, 5) is 10.9. The van der Waals surface area contributed by atoms with Crippen molar-refractivity contribution in [2.75, 3.05) is 6.67 Å². The van der Waals surface area contributed by atoms with Gasteiger partial charge in [0.05, 0.1) is 6.67 Å². The summed E-state index contributed by atoms with van der Waals surface area (Å²) in [5.74, 6) is 0.0238. The second-order valence-electron chi connectivity index (χ2n) is 2.70. The predicted octanol–water partition coefficient (Wildman–Crippen LogP) is 2.40. The number of hydrogen-bond acceptors (Lipinski definition) is 1. The first-order valence-electron chi connectivity index (χ1n) is 3.90. The molecular formula is C10H11FO. The smallest absolute Gasteiger partial charge is 0.159 e. The minimum Gasteiger partial charge on any atom is -0.295 e. The van der Waals surface area contributed by atoms with E-state index in [2.05, 4.69) is 0 Å². The lowest BCUT2D eigenvalue weighted by Crippen LogP contribution is -1.94. The molecule has 0 aliphatic carbocycles. The maximum Gasteiger partial charge on any atom is 0.159 e. The van der Waals surface area contributed by atoms with Crippen molar-refractivity contribution in [1.82, 2.24) is 0 Å². The lowest BCUT2D eigenvalue weighted by molar-refractivity contribution is 0.101. The van der Waals surface area contributed by atoms with Crippen LogP contribution in [0.3, 0.4) is 0 Å². The van der Waals surface area contributed by atoms with Crippen molar-refractivity contribution in [2.45, 2.75) is 13.3 Å². The highest BCUT2D eigenvalue weighted by molar-refractivity contribution is 5.94. The Kier molecular flexibility index (Phi) is 2.97. The second-order valence-corrected chi connectivity index (χ2v) is 2.70. The molecule has 0 atom stereocenters. The van der Waals surface area contributed by atoms with Gasteiger partial charge in [0, 0.05) is 12.0 Å². The summed E-state index contributed by atoms with van der Waals surface area (Å²) in [6.07, 6.45) is 0.390. The summed E-state index contributed by atoms with van der Waals surface area (Å²) in [5, 5.41) is 0. The Labute approximate surface area is 71.2 Å². The van der Waals surface area contributed by atoms with E-state index in [0.717, 1.165) is 5.56 Å². The van der Waals surface area contributed by atoms with Crippen molar-refractivity contribution in [3.8, 4) is 0 Å². The van der Waals surface area contributed by atoms with Crippen LogP contribution in [0.15, 0.2) is 24.3 Å². The van der Waals surface area contributed by atoms with Gasteiger partial charge in [-0.3, -0.25) is 9.18 Å². The molecule has 0 saturated heterocycles. The van der Waals surface area contributed by atoms with Gasteiger partial charge >= 0.3 is 0 Å². The van der Waals surface area contributed by atoms with Crippen molar-refractivity contribution in [3.05, 3.63) is 35.4 Å². The Hall–Kier alpha value is -1.18. The summed E-state index contributed by atoms with van der Waals surface area (Å²) < 4.78 is 11.9. The minimum atomic E-state index is -0.374. The first-order valence-corrected chi connectivity index (χ1v) is 3.90. The first kappa shape index (κ1) is 8.91. The second kappa shape index (κ2) is 4.00. The van der Waals surface area contributed by atoms with Crippen LogP contribution in [0.5, 0.6) is 0 Å². The number of Topliss-reactive ketones (excluding diaryl/α,β-unsaturated/α-hetero) is 1. The third-order valence-corrected chi connectivity index (χ3v) is 1.72. The van der Waals surface area contributed by atoms with Gasteiger partial charge in [-0.05, 0) is 18.6 Å². The van der Waals surface area contributed by atoms with Crippen LogP contribution in [0.2, 0.25) is 0 Å². The van der Waals surface area contributed by atoms with E-state index in [0.29, 0.717) is 12.0 Å². The first-order chi connectivity index (χ1) is 5.74.